The molecule has 4 rings (SSSR count). The first kappa shape index (κ1) is 23.0. The minimum absolute atomic E-state index is 0.171. The molecule has 0 fully saturated rings. The standard InChI is InChI=1S/C24H28N4O4S/c1-5-32-18-9-7-16(11-19(18)31-4)12-26-27-22(29)15(3)28-13-25-23-21(24(28)30)17-8-6-14(2)10-20(17)33-23/h7,9,11-15H,5-6,8,10H2,1-4H3,(H,27,29). The lowest BCUT2D eigenvalue weighted by atomic mass is 9.89. The first-order chi connectivity index (χ1) is 15.9. The molecule has 174 valence electrons. The van der Waals surface area contributed by atoms with Crippen LogP contribution in [0.25, 0.3) is 10.2 Å². The van der Waals surface area contributed by atoms with Gasteiger partial charge in [0.25, 0.3) is 11.5 Å². The zero-order valence-electron chi connectivity index (χ0n) is 19.3. The summed E-state index contributed by atoms with van der Waals surface area (Å²) < 4.78 is 12.2. The second-order valence-electron chi connectivity index (χ2n) is 8.24. The minimum atomic E-state index is -0.750. The van der Waals surface area contributed by atoms with Gasteiger partial charge in [-0.1, -0.05) is 6.92 Å². The van der Waals surface area contributed by atoms with Gasteiger partial charge >= 0.3 is 0 Å². The number of hydrazone groups is 1. The molecular formula is C24H28N4O4S. The predicted octanol–water partition coefficient (Wildman–Crippen LogP) is 3.70. The third kappa shape index (κ3) is 4.64. The number of methoxy groups -OCH3 is 1. The van der Waals surface area contributed by atoms with Crippen LogP contribution in [0.3, 0.4) is 0 Å². The molecule has 1 aliphatic rings. The van der Waals surface area contributed by atoms with Crippen molar-refractivity contribution in [2.24, 2.45) is 11.0 Å². The summed E-state index contributed by atoms with van der Waals surface area (Å²) in [7, 11) is 1.57. The Bertz CT molecular complexity index is 1260. The fourth-order valence-corrected chi connectivity index (χ4v) is 5.39. The molecule has 0 saturated heterocycles. The first-order valence-corrected chi connectivity index (χ1v) is 11.9. The summed E-state index contributed by atoms with van der Waals surface area (Å²) in [5.74, 6) is 1.44. The largest absolute Gasteiger partial charge is 0.493 e. The van der Waals surface area contributed by atoms with Gasteiger partial charge in [-0.25, -0.2) is 10.4 Å². The van der Waals surface area contributed by atoms with Gasteiger partial charge in [-0.05, 0) is 68.4 Å². The van der Waals surface area contributed by atoms with E-state index in [4.69, 9.17) is 9.47 Å². The summed E-state index contributed by atoms with van der Waals surface area (Å²) in [6.45, 7) is 6.33. The Morgan fingerprint density at radius 2 is 2.24 bits per heavy atom. The van der Waals surface area contributed by atoms with E-state index in [1.807, 2.05) is 13.0 Å². The zero-order valence-corrected chi connectivity index (χ0v) is 20.1. The lowest BCUT2D eigenvalue weighted by Crippen LogP contribution is -2.34. The van der Waals surface area contributed by atoms with Crippen molar-refractivity contribution in [3.8, 4) is 11.5 Å². The number of fused-ring (bicyclic) bond motifs is 3. The van der Waals surface area contributed by atoms with Crippen LogP contribution < -0.4 is 20.5 Å². The number of rotatable bonds is 7. The Hall–Kier alpha value is -3.20. The Kier molecular flexibility index (Phi) is 6.78. The van der Waals surface area contributed by atoms with Crippen molar-refractivity contribution in [3.63, 3.8) is 0 Å². The van der Waals surface area contributed by atoms with Gasteiger partial charge in [0.15, 0.2) is 11.5 Å². The molecule has 0 spiro atoms. The maximum absolute atomic E-state index is 13.2. The molecule has 1 amide bonds. The molecule has 1 aromatic carbocycles. The van der Waals surface area contributed by atoms with E-state index in [2.05, 4.69) is 22.4 Å². The molecule has 2 unspecified atom stereocenters. The van der Waals surface area contributed by atoms with Gasteiger partial charge in [0, 0.05) is 4.88 Å². The molecule has 1 N–H and O–H groups in total. The van der Waals surface area contributed by atoms with Crippen molar-refractivity contribution in [2.45, 2.75) is 46.1 Å². The molecule has 2 heterocycles. The highest BCUT2D eigenvalue weighted by molar-refractivity contribution is 7.18. The fraction of sp³-hybridized carbons (Fsp3) is 0.417. The molecule has 2 atom stereocenters. The van der Waals surface area contributed by atoms with Crippen molar-refractivity contribution in [2.75, 3.05) is 13.7 Å². The third-order valence-electron chi connectivity index (χ3n) is 5.91. The van der Waals surface area contributed by atoms with Crippen molar-refractivity contribution >= 4 is 33.7 Å². The van der Waals surface area contributed by atoms with E-state index in [9.17, 15) is 9.59 Å². The number of thiophene rings is 1. The van der Waals surface area contributed by atoms with E-state index in [-0.39, 0.29) is 5.56 Å². The van der Waals surface area contributed by atoms with Gasteiger partial charge in [-0.2, -0.15) is 5.10 Å². The van der Waals surface area contributed by atoms with Crippen molar-refractivity contribution in [1.82, 2.24) is 15.0 Å². The molecule has 2 aromatic heterocycles. The van der Waals surface area contributed by atoms with Crippen LogP contribution in [0.2, 0.25) is 0 Å². The smallest absolute Gasteiger partial charge is 0.263 e. The predicted molar refractivity (Wildman–Crippen MR) is 130 cm³/mol. The maximum atomic E-state index is 13.2. The Labute approximate surface area is 196 Å². The molecule has 33 heavy (non-hydrogen) atoms. The number of amides is 1. The fourth-order valence-electron chi connectivity index (χ4n) is 4.05. The van der Waals surface area contributed by atoms with Crippen LogP contribution in [0.15, 0.2) is 34.4 Å². The maximum Gasteiger partial charge on any atom is 0.263 e. The zero-order chi connectivity index (χ0) is 23.5. The van der Waals surface area contributed by atoms with Crippen LogP contribution >= 0.6 is 11.3 Å². The summed E-state index contributed by atoms with van der Waals surface area (Å²) in [6.07, 6.45) is 5.91. The van der Waals surface area contributed by atoms with Crippen LogP contribution in [0.1, 0.15) is 49.2 Å². The van der Waals surface area contributed by atoms with Gasteiger partial charge in [0.1, 0.15) is 10.9 Å². The monoisotopic (exact) mass is 468 g/mol. The van der Waals surface area contributed by atoms with E-state index in [0.717, 1.165) is 35.2 Å². The number of carbonyl (C=O) groups excluding carboxylic acids is 1. The van der Waals surface area contributed by atoms with Crippen molar-refractivity contribution < 1.29 is 14.3 Å². The average molecular weight is 469 g/mol. The quantitative estimate of drug-likeness (QED) is 0.421. The number of hydrogen-bond acceptors (Lipinski definition) is 7. The van der Waals surface area contributed by atoms with Crippen LogP contribution in [-0.4, -0.2) is 35.4 Å². The van der Waals surface area contributed by atoms with Crippen LogP contribution in [-0.2, 0) is 17.6 Å². The van der Waals surface area contributed by atoms with E-state index in [1.165, 1.54) is 22.0 Å². The highest BCUT2D eigenvalue weighted by Gasteiger charge is 2.25. The Morgan fingerprint density at radius 1 is 1.42 bits per heavy atom. The van der Waals surface area contributed by atoms with E-state index >= 15 is 0 Å². The highest BCUT2D eigenvalue weighted by Crippen LogP contribution is 2.35. The summed E-state index contributed by atoms with van der Waals surface area (Å²) in [4.78, 5) is 32.4. The molecule has 0 bridgehead atoms. The summed E-state index contributed by atoms with van der Waals surface area (Å²) in [5.41, 5.74) is 4.19. The number of aryl methyl sites for hydroxylation is 1. The molecular weight excluding hydrogens is 440 g/mol. The molecule has 3 aromatic rings. The number of ether oxygens (including phenoxy) is 2. The summed E-state index contributed by atoms with van der Waals surface area (Å²) in [5, 5.41) is 4.71. The minimum Gasteiger partial charge on any atom is -0.493 e. The van der Waals surface area contributed by atoms with Gasteiger partial charge in [-0.15, -0.1) is 11.3 Å². The number of hydrogen-bond donors (Lipinski definition) is 1. The molecule has 1 aliphatic carbocycles. The first-order valence-electron chi connectivity index (χ1n) is 11.1. The second kappa shape index (κ2) is 9.74. The topological polar surface area (TPSA) is 94.8 Å². The molecule has 9 heteroatoms. The lowest BCUT2D eigenvalue weighted by Gasteiger charge is -2.18. The summed E-state index contributed by atoms with van der Waals surface area (Å²) >= 11 is 1.60. The molecule has 0 aliphatic heterocycles. The Balaban J connectivity index is 1.50. The Morgan fingerprint density at radius 3 is 3.00 bits per heavy atom. The van der Waals surface area contributed by atoms with Crippen molar-refractivity contribution in [3.05, 3.63) is 50.9 Å². The van der Waals surface area contributed by atoms with Gasteiger partial charge in [-0.3, -0.25) is 14.2 Å². The molecule has 0 saturated carbocycles. The lowest BCUT2D eigenvalue weighted by molar-refractivity contribution is -0.123. The normalized spacial score (nSPS) is 16.5. The number of nitrogens with one attached hydrogen (secondary N) is 1. The number of carbonyl (C=O) groups is 1. The summed E-state index contributed by atoms with van der Waals surface area (Å²) in [6, 6.07) is 4.62. The number of benzene rings is 1. The van der Waals surface area contributed by atoms with E-state index < -0.39 is 11.9 Å². The van der Waals surface area contributed by atoms with Crippen LogP contribution in [0.5, 0.6) is 11.5 Å². The average Bonchev–Trinajstić information content (AvgIpc) is 3.18. The van der Waals surface area contributed by atoms with Crippen molar-refractivity contribution in [1.29, 1.82) is 0 Å². The highest BCUT2D eigenvalue weighted by atomic mass is 32.1. The molecule has 8 nitrogen and oxygen atoms in total. The third-order valence-corrected chi connectivity index (χ3v) is 7.08. The second-order valence-corrected chi connectivity index (χ2v) is 9.33. The van der Waals surface area contributed by atoms with E-state index in [0.29, 0.717) is 29.4 Å². The van der Waals surface area contributed by atoms with Gasteiger partial charge in [0.05, 0.1) is 31.6 Å². The van der Waals surface area contributed by atoms with Crippen LogP contribution in [0, 0.1) is 5.92 Å². The van der Waals surface area contributed by atoms with Gasteiger partial charge in [0.2, 0.25) is 0 Å². The van der Waals surface area contributed by atoms with Crippen LogP contribution in [0.4, 0.5) is 0 Å². The van der Waals surface area contributed by atoms with Gasteiger partial charge < -0.3 is 9.47 Å². The van der Waals surface area contributed by atoms with E-state index in [1.54, 1.807) is 37.5 Å². The number of aromatic nitrogens is 2. The SMILES string of the molecule is CCOc1ccc(C=NNC(=O)C(C)n2cnc3sc4c(c3c2=O)CCC(C)C4)cc1OC. The molecule has 0 radical (unpaired) electrons. The number of nitrogens with zero attached hydrogens (tertiary/aromatic N) is 3.